The molecule has 10 heteroatoms. The summed E-state index contributed by atoms with van der Waals surface area (Å²) >= 11 is 0. The fourth-order valence-corrected chi connectivity index (χ4v) is 2.94. The number of carbonyl (C=O) groups is 2. The molecule has 1 saturated heterocycles. The molecule has 0 spiro atoms. The van der Waals surface area contributed by atoms with E-state index in [0.717, 1.165) is 4.57 Å². The summed E-state index contributed by atoms with van der Waals surface area (Å²) in [5, 5.41) is 2.93. The molecule has 0 saturated carbocycles. The lowest BCUT2D eigenvalue weighted by atomic mass is 10.1. The van der Waals surface area contributed by atoms with Gasteiger partial charge in [-0.05, 0) is 12.1 Å². The maximum Gasteiger partial charge on any atom is 0.449 e. The number of carbonyl (C=O) groups excluding carboxylic acids is 2. The Morgan fingerprint density at radius 1 is 1.32 bits per heavy atom. The third-order valence-electron chi connectivity index (χ3n) is 4.09. The molecule has 134 valence electrons. The van der Waals surface area contributed by atoms with E-state index in [1.165, 1.54) is 17.0 Å². The minimum Gasteiger partial charge on any atom is -0.368 e. The lowest BCUT2D eigenvalue weighted by Crippen LogP contribution is -2.59. The molecule has 2 heterocycles. The van der Waals surface area contributed by atoms with Gasteiger partial charge in [0, 0.05) is 19.6 Å². The number of rotatable bonds is 3. The number of aromatic nitrogens is 2. The molecule has 2 amide bonds. The van der Waals surface area contributed by atoms with E-state index in [-0.39, 0.29) is 24.1 Å². The predicted octanol–water partition coefficient (Wildman–Crippen LogP) is 0.341. The number of piperazine rings is 1. The zero-order valence-electron chi connectivity index (χ0n) is 13.1. The Morgan fingerprint density at radius 3 is 2.72 bits per heavy atom. The van der Waals surface area contributed by atoms with E-state index in [1.807, 2.05) is 0 Å². The lowest BCUT2D eigenvalue weighted by Gasteiger charge is -2.34. The average Bonchev–Trinajstić information content (AvgIpc) is 2.94. The standard InChI is InChI=1S/C15H16F3N5O2/c16-15(17,18)14-21-9-3-1-2-4-10(9)23(14)8-12(24)22-6-5-20-7-11(22)13(19)25/h1-4,11,20H,5-8H2,(H2,19,25). The average molecular weight is 355 g/mol. The van der Waals surface area contributed by atoms with Gasteiger partial charge in [-0.15, -0.1) is 0 Å². The number of hydrogen-bond donors (Lipinski definition) is 2. The molecular formula is C15H16F3N5O2. The molecule has 1 aromatic heterocycles. The lowest BCUT2D eigenvalue weighted by molar-refractivity contribution is -0.149. The third kappa shape index (κ3) is 3.29. The van der Waals surface area contributed by atoms with Gasteiger partial charge >= 0.3 is 6.18 Å². The van der Waals surface area contributed by atoms with Gasteiger partial charge in [0.1, 0.15) is 12.6 Å². The molecule has 1 fully saturated rings. The van der Waals surface area contributed by atoms with Crippen LogP contribution in [0.2, 0.25) is 0 Å². The van der Waals surface area contributed by atoms with Crippen molar-refractivity contribution in [3.05, 3.63) is 30.1 Å². The smallest absolute Gasteiger partial charge is 0.368 e. The van der Waals surface area contributed by atoms with Crippen LogP contribution in [-0.4, -0.2) is 51.9 Å². The van der Waals surface area contributed by atoms with Crippen molar-refractivity contribution in [3.8, 4) is 0 Å². The van der Waals surface area contributed by atoms with Crippen molar-refractivity contribution in [1.29, 1.82) is 0 Å². The van der Waals surface area contributed by atoms with Crippen molar-refractivity contribution >= 4 is 22.8 Å². The molecule has 7 nitrogen and oxygen atoms in total. The van der Waals surface area contributed by atoms with Gasteiger partial charge < -0.3 is 20.5 Å². The number of halogens is 3. The van der Waals surface area contributed by atoms with Gasteiger partial charge in [0.05, 0.1) is 11.0 Å². The van der Waals surface area contributed by atoms with Crippen LogP contribution < -0.4 is 11.1 Å². The number of nitrogens with zero attached hydrogens (tertiary/aromatic N) is 3. The highest BCUT2D eigenvalue weighted by Gasteiger charge is 2.39. The van der Waals surface area contributed by atoms with E-state index in [4.69, 9.17) is 5.73 Å². The van der Waals surface area contributed by atoms with Gasteiger partial charge in [0.25, 0.3) is 0 Å². The first kappa shape index (κ1) is 17.2. The minimum atomic E-state index is -4.70. The molecule has 25 heavy (non-hydrogen) atoms. The number of benzene rings is 1. The fraction of sp³-hybridized carbons (Fsp3) is 0.400. The Kier molecular flexibility index (Phi) is 4.38. The van der Waals surface area contributed by atoms with Crippen LogP contribution in [0.5, 0.6) is 0 Å². The molecule has 0 aliphatic carbocycles. The molecule has 3 N–H and O–H groups in total. The monoisotopic (exact) mass is 355 g/mol. The molecule has 1 atom stereocenters. The summed E-state index contributed by atoms with van der Waals surface area (Å²) in [4.78, 5) is 28.9. The molecule has 1 unspecified atom stereocenters. The van der Waals surface area contributed by atoms with Crippen molar-refractivity contribution in [2.75, 3.05) is 19.6 Å². The largest absolute Gasteiger partial charge is 0.449 e. The maximum absolute atomic E-state index is 13.3. The number of imidazole rings is 1. The van der Waals surface area contributed by atoms with Crippen LogP contribution in [0.3, 0.4) is 0 Å². The molecule has 2 aromatic rings. The number of hydrogen-bond acceptors (Lipinski definition) is 4. The van der Waals surface area contributed by atoms with E-state index >= 15 is 0 Å². The van der Waals surface area contributed by atoms with E-state index in [2.05, 4.69) is 10.3 Å². The molecular weight excluding hydrogens is 339 g/mol. The summed E-state index contributed by atoms with van der Waals surface area (Å²) in [6.45, 7) is 0.240. The van der Waals surface area contributed by atoms with Crippen LogP contribution in [0.25, 0.3) is 11.0 Å². The number of nitrogens with two attached hydrogens (primary N) is 1. The number of primary amides is 1. The van der Waals surface area contributed by atoms with Crippen LogP contribution in [0.4, 0.5) is 13.2 Å². The Balaban J connectivity index is 1.96. The van der Waals surface area contributed by atoms with Crippen LogP contribution in [-0.2, 0) is 22.3 Å². The highest BCUT2D eigenvalue weighted by atomic mass is 19.4. The number of para-hydroxylation sites is 2. The minimum absolute atomic E-state index is 0.148. The highest BCUT2D eigenvalue weighted by Crippen LogP contribution is 2.31. The van der Waals surface area contributed by atoms with Crippen molar-refractivity contribution < 1.29 is 22.8 Å². The van der Waals surface area contributed by atoms with Gasteiger partial charge in [0.15, 0.2) is 0 Å². The third-order valence-corrected chi connectivity index (χ3v) is 4.09. The maximum atomic E-state index is 13.3. The van der Waals surface area contributed by atoms with Crippen molar-refractivity contribution in [2.24, 2.45) is 5.73 Å². The quantitative estimate of drug-likeness (QED) is 0.830. The second kappa shape index (κ2) is 6.36. The molecule has 1 aliphatic rings. The predicted molar refractivity (Wildman–Crippen MR) is 82.3 cm³/mol. The van der Waals surface area contributed by atoms with Crippen LogP contribution in [0, 0.1) is 0 Å². The summed E-state index contributed by atoms with van der Waals surface area (Å²) in [6.07, 6.45) is -4.70. The normalized spacial score (nSPS) is 18.5. The number of alkyl halides is 3. The highest BCUT2D eigenvalue weighted by molar-refractivity contribution is 5.88. The first-order valence-electron chi connectivity index (χ1n) is 7.61. The van der Waals surface area contributed by atoms with E-state index in [0.29, 0.717) is 6.54 Å². The molecule has 0 radical (unpaired) electrons. The first-order chi connectivity index (χ1) is 11.8. The Bertz CT molecular complexity index is 817. The van der Waals surface area contributed by atoms with E-state index in [9.17, 15) is 22.8 Å². The zero-order chi connectivity index (χ0) is 18.2. The fourth-order valence-electron chi connectivity index (χ4n) is 2.94. The van der Waals surface area contributed by atoms with Gasteiger partial charge in [-0.1, -0.05) is 12.1 Å². The Hall–Kier alpha value is -2.62. The van der Waals surface area contributed by atoms with Gasteiger partial charge in [0.2, 0.25) is 17.6 Å². The van der Waals surface area contributed by atoms with Crippen LogP contribution in [0.1, 0.15) is 5.82 Å². The molecule has 3 rings (SSSR count). The molecule has 1 aromatic carbocycles. The topological polar surface area (TPSA) is 93.3 Å². The summed E-state index contributed by atoms with van der Waals surface area (Å²) in [6, 6.07) is 5.17. The second-order valence-corrected chi connectivity index (χ2v) is 5.72. The SMILES string of the molecule is NC(=O)C1CNCCN1C(=O)Cn1c(C(F)(F)F)nc2ccccc21. The van der Waals surface area contributed by atoms with Crippen molar-refractivity contribution in [1.82, 2.24) is 19.8 Å². The van der Waals surface area contributed by atoms with Crippen LogP contribution >= 0.6 is 0 Å². The van der Waals surface area contributed by atoms with Crippen molar-refractivity contribution in [3.63, 3.8) is 0 Å². The summed E-state index contributed by atoms with van der Waals surface area (Å²) in [7, 11) is 0. The second-order valence-electron chi connectivity index (χ2n) is 5.72. The Labute approximate surface area is 140 Å². The van der Waals surface area contributed by atoms with E-state index in [1.54, 1.807) is 12.1 Å². The number of amides is 2. The van der Waals surface area contributed by atoms with E-state index < -0.39 is 36.4 Å². The number of nitrogens with one attached hydrogen (secondary N) is 1. The summed E-state index contributed by atoms with van der Waals surface area (Å²) < 4.78 is 40.7. The first-order valence-corrected chi connectivity index (χ1v) is 7.61. The number of fused-ring (bicyclic) bond motifs is 1. The van der Waals surface area contributed by atoms with Crippen LogP contribution in [0.15, 0.2) is 24.3 Å². The van der Waals surface area contributed by atoms with Crippen molar-refractivity contribution in [2.45, 2.75) is 18.8 Å². The summed E-state index contributed by atoms with van der Waals surface area (Å²) in [5.41, 5.74) is 5.64. The summed E-state index contributed by atoms with van der Waals surface area (Å²) in [5.74, 6) is -2.46. The van der Waals surface area contributed by atoms with Gasteiger partial charge in [-0.2, -0.15) is 13.2 Å². The molecule has 1 aliphatic heterocycles. The molecule has 0 bridgehead atoms. The van der Waals surface area contributed by atoms with Gasteiger partial charge in [-0.3, -0.25) is 9.59 Å². The van der Waals surface area contributed by atoms with Gasteiger partial charge in [-0.25, -0.2) is 4.98 Å². The Morgan fingerprint density at radius 2 is 2.04 bits per heavy atom. The zero-order valence-corrected chi connectivity index (χ0v) is 13.1.